The number of hydrogen-bond donors (Lipinski definition) is 1. The lowest BCUT2D eigenvalue weighted by atomic mass is 9.97. The number of nitrogens with zero attached hydrogens (tertiary/aromatic N) is 3. The van der Waals surface area contributed by atoms with E-state index in [0.29, 0.717) is 10.7 Å². The van der Waals surface area contributed by atoms with E-state index >= 15 is 0 Å². The molecule has 5 nitrogen and oxygen atoms in total. The Morgan fingerprint density at radius 2 is 2.14 bits per heavy atom. The zero-order valence-electron chi connectivity index (χ0n) is 12.2. The molecule has 0 aliphatic rings. The van der Waals surface area contributed by atoms with Crippen LogP contribution in [0.25, 0.3) is 11.8 Å². The Balaban J connectivity index is 2.50. The zero-order valence-corrected chi connectivity index (χ0v) is 12.9. The van der Waals surface area contributed by atoms with Crippen LogP contribution in [0.1, 0.15) is 19.4 Å². The highest BCUT2D eigenvalue weighted by molar-refractivity contribution is 6.32. The molecule has 112 valence electrons. The molecular formula is C15H18ClN3O2. The second kappa shape index (κ2) is 6.39. The fraction of sp³-hybridized carbons (Fsp3) is 0.333. The number of aliphatic hydroxyl groups excluding tert-OH is 1. The molecule has 1 unspecified atom stereocenters. The molecule has 0 saturated carbocycles. The predicted molar refractivity (Wildman–Crippen MR) is 82.7 cm³/mol. The van der Waals surface area contributed by atoms with Gasteiger partial charge in [-0.25, -0.2) is 9.67 Å². The van der Waals surface area contributed by atoms with Crippen LogP contribution in [0.5, 0.6) is 0 Å². The Morgan fingerprint density at radius 1 is 1.43 bits per heavy atom. The van der Waals surface area contributed by atoms with Crippen molar-refractivity contribution in [2.75, 3.05) is 7.11 Å². The van der Waals surface area contributed by atoms with E-state index in [2.05, 4.69) is 10.1 Å². The summed E-state index contributed by atoms with van der Waals surface area (Å²) in [6, 6.07) is 7.39. The minimum atomic E-state index is -0.902. The van der Waals surface area contributed by atoms with E-state index in [1.807, 2.05) is 18.2 Å². The molecule has 0 radical (unpaired) electrons. The van der Waals surface area contributed by atoms with E-state index in [0.717, 1.165) is 5.56 Å². The first kappa shape index (κ1) is 15.7. The molecule has 1 atom stereocenters. The first-order valence-electron chi connectivity index (χ1n) is 6.50. The molecule has 0 saturated heterocycles. The molecule has 0 spiro atoms. The van der Waals surface area contributed by atoms with Gasteiger partial charge >= 0.3 is 0 Å². The smallest absolute Gasteiger partial charge is 0.138 e. The molecule has 0 fully saturated rings. The summed E-state index contributed by atoms with van der Waals surface area (Å²) in [7, 11) is 1.55. The molecule has 2 rings (SSSR count). The third kappa shape index (κ3) is 3.50. The predicted octanol–water partition coefficient (Wildman–Crippen LogP) is 2.72. The van der Waals surface area contributed by atoms with Crippen molar-refractivity contribution in [3.05, 3.63) is 47.5 Å². The van der Waals surface area contributed by atoms with E-state index in [1.54, 1.807) is 33.1 Å². The maximum atomic E-state index is 10.6. The quantitative estimate of drug-likeness (QED) is 0.922. The third-order valence-corrected chi connectivity index (χ3v) is 3.70. The van der Waals surface area contributed by atoms with Crippen LogP contribution in [-0.2, 0) is 4.74 Å². The standard InChI is InChI=1S/C15H18ClN3O2/c1-15(2,21-3)14(20)13(19-10-17-9-18-19)8-11-6-4-5-7-12(11)16/h4-10,14,20H,1-3H3/b13-8+. The maximum absolute atomic E-state index is 10.6. The first-order valence-corrected chi connectivity index (χ1v) is 6.88. The van der Waals surface area contributed by atoms with E-state index in [1.165, 1.54) is 17.3 Å². The summed E-state index contributed by atoms with van der Waals surface area (Å²) in [5.41, 5.74) is 0.544. The average Bonchev–Trinajstić information content (AvgIpc) is 2.99. The molecule has 1 heterocycles. The number of benzene rings is 1. The Kier molecular flexibility index (Phi) is 4.77. The lowest BCUT2D eigenvalue weighted by Crippen LogP contribution is -2.40. The molecule has 1 aromatic carbocycles. The Bertz CT molecular complexity index is 624. The second-order valence-corrected chi connectivity index (χ2v) is 5.55. The van der Waals surface area contributed by atoms with Crippen molar-refractivity contribution in [3.63, 3.8) is 0 Å². The van der Waals surface area contributed by atoms with Crippen molar-refractivity contribution in [2.24, 2.45) is 0 Å². The number of hydrogen-bond acceptors (Lipinski definition) is 4. The zero-order chi connectivity index (χ0) is 15.5. The van der Waals surface area contributed by atoms with E-state index in [9.17, 15) is 5.11 Å². The molecule has 1 N–H and O–H groups in total. The van der Waals surface area contributed by atoms with Gasteiger partial charge in [0.25, 0.3) is 0 Å². The minimum Gasteiger partial charge on any atom is -0.384 e. The summed E-state index contributed by atoms with van der Waals surface area (Å²) in [6.45, 7) is 3.60. The fourth-order valence-corrected chi connectivity index (χ4v) is 2.02. The maximum Gasteiger partial charge on any atom is 0.138 e. The Labute approximate surface area is 128 Å². The van der Waals surface area contributed by atoms with Crippen LogP contribution >= 0.6 is 11.6 Å². The molecule has 0 aliphatic heterocycles. The van der Waals surface area contributed by atoms with E-state index < -0.39 is 11.7 Å². The van der Waals surface area contributed by atoms with Gasteiger partial charge in [0.2, 0.25) is 0 Å². The summed E-state index contributed by atoms with van der Waals surface area (Å²) in [5.74, 6) is 0. The van der Waals surface area contributed by atoms with Gasteiger partial charge in [-0.1, -0.05) is 29.8 Å². The number of aromatic nitrogens is 3. The largest absolute Gasteiger partial charge is 0.384 e. The van der Waals surface area contributed by atoms with Crippen LogP contribution in [0, 0.1) is 0 Å². The van der Waals surface area contributed by atoms with Gasteiger partial charge in [-0.2, -0.15) is 5.10 Å². The van der Waals surface area contributed by atoms with Gasteiger partial charge in [0.05, 0.1) is 11.3 Å². The lowest BCUT2D eigenvalue weighted by molar-refractivity contribution is -0.0539. The molecule has 0 amide bonds. The van der Waals surface area contributed by atoms with Crippen molar-refractivity contribution < 1.29 is 9.84 Å². The summed E-state index contributed by atoms with van der Waals surface area (Å²) < 4.78 is 6.87. The van der Waals surface area contributed by atoms with Gasteiger partial charge in [0, 0.05) is 12.1 Å². The highest BCUT2D eigenvalue weighted by Crippen LogP contribution is 2.27. The fourth-order valence-electron chi connectivity index (χ4n) is 1.83. The van der Waals surface area contributed by atoms with Gasteiger partial charge in [-0.15, -0.1) is 0 Å². The van der Waals surface area contributed by atoms with Gasteiger partial charge in [-0.3, -0.25) is 0 Å². The Morgan fingerprint density at radius 3 is 2.71 bits per heavy atom. The molecule has 0 aliphatic carbocycles. The number of halogens is 1. The van der Waals surface area contributed by atoms with Crippen LogP contribution in [0.15, 0.2) is 36.9 Å². The molecule has 1 aromatic heterocycles. The van der Waals surface area contributed by atoms with Crippen LogP contribution in [-0.4, -0.2) is 38.7 Å². The molecule has 0 bridgehead atoms. The first-order chi connectivity index (χ1) is 9.95. The average molecular weight is 308 g/mol. The van der Waals surface area contributed by atoms with Gasteiger partial charge < -0.3 is 9.84 Å². The van der Waals surface area contributed by atoms with Crippen molar-refractivity contribution in [1.82, 2.24) is 14.8 Å². The summed E-state index contributed by atoms with van der Waals surface area (Å²) in [5, 5.41) is 15.3. The Hall–Kier alpha value is -1.69. The third-order valence-electron chi connectivity index (χ3n) is 3.36. The molecule has 21 heavy (non-hydrogen) atoms. The van der Waals surface area contributed by atoms with Gasteiger partial charge in [-0.05, 0) is 31.6 Å². The van der Waals surface area contributed by atoms with Crippen LogP contribution < -0.4 is 0 Å². The van der Waals surface area contributed by atoms with Gasteiger partial charge in [0.1, 0.15) is 18.8 Å². The second-order valence-electron chi connectivity index (χ2n) is 5.14. The summed E-state index contributed by atoms with van der Waals surface area (Å²) in [6.07, 6.45) is 3.81. The number of methoxy groups -OCH3 is 1. The van der Waals surface area contributed by atoms with Crippen LogP contribution in [0.4, 0.5) is 0 Å². The van der Waals surface area contributed by atoms with Gasteiger partial charge in [0.15, 0.2) is 0 Å². The number of aliphatic hydroxyl groups is 1. The lowest BCUT2D eigenvalue weighted by Gasteiger charge is -2.30. The summed E-state index contributed by atoms with van der Waals surface area (Å²) in [4.78, 5) is 3.92. The molecular weight excluding hydrogens is 290 g/mol. The highest BCUT2D eigenvalue weighted by Gasteiger charge is 2.32. The highest BCUT2D eigenvalue weighted by atomic mass is 35.5. The number of ether oxygens (including phenoxy) is 1. The molecule has 6 heteroatoms. The number of rotatable bonds is 5. The van der Waals surface area contributed by atoms with Crippen molar-refractivity contribution in [2.45, 2.75) is 25.6 Å². The van der Waals surface area contributed by atoms with Crippen LogP contribution in [0.3, 0.4) is 0 Å². The van der Waals surface area contributed by atoms with E-state index in [4.69, 9.17) is 16.3 Å². The molecule has 2 aromatic rings. The van der Waals surface area contributed by atoms with Crippen molar-refractivity contribution in [1.29, 1.82) is 0 Å². The van der Waals surface area contributed by atoms with E-state index in [-0.39, 0.29) is 0 Å². The normalized spacial score (nSPS) is 14.2. The minimum absolute atomic E-state index is 0.535. The van der Waals surface area contributed by atoms with Crippen molar-refractivity contribution in [3.8, 4) is 0 Å². The van der Waals surface area contributed by atoms with Crippen molar-refractivity contribution >= 4 is 23.4 Å². The monoisotopic (exact) mass is 307 g/mol. The van der Waals surface area contributed by atoms with Crippen LogP contribution in [0.2, 0.25) is 5.02 Å². The SMILES string of the molecule is COC(C)(C)C(O)/C(=C\c1ccccc1Cl)n1cncn1. The summed E-state index contributed by atoms with van der Waals surface area (Å²) >= 11 is 6.18. The topological polar surface area (TPSA) is 60.2 Å².